The van der Waals surface area contributed by atoms with Crippen LogP contribution in [0.2, 0.25) is 0 Å². The van der Waals surface area contributed by atoms with Gasteiger partial charge in [-0.3, -0.25) is 4.79 Å². The highest BCUT2D eigenvalue weighted by molar-refractivity contribution is 5.98. The maximum absolute atomic E-state index is 12.6. The van der Waals surface area contributed by atoms with Crippen LogP contribution in [-0.4, -0.2) is 12.5 Å². The minimum Gasteiger partial charge on any atom is -0.399 e. The summed E-state index contributed by atoms with van der Waals surface area (Å²) in [5.41, 5.74) is 8.51. The van der Waals surface area contributed by atoms with Crippen molar-refractivity contribution in [3.8, 4) is 0 Å². The fraction of sp³-hybridized carbons (Fsp3) is 0.533. The molecule has 1 aliphatic rings. The van der Waals surface area contributed by atoms with E-state index in [0.29, 0.717) is 0 Å². The van der Waals surface area contributed by atoms with E-state index in [1.54, 1.807) is 0 Å². The molecule has 0 fully saturated rings. The second-order valence-electron chi connectivity index (χ2n) is 5.69. The van der Waals surface area contributed by atoms with Gasteiger partial charge >= 0.3 is 0 Å². The molecule has 0 bridgehead atoms. The molecule has 3 heteroatoms. The van der Waals surface area contributed by atoms with E-state index in [1.165, 1.54) is 5.56 Å². The van der Waals surface area contributed by atoms with Crippen molar-refractivity contribution < 1.29 is 4.79 Å². The van der Waals surface area contributed by atoms with E-state index in [1.807, 2.05) is 36.9 Å². The summed E-state index contributed by atoms with van der Waals surface area (Å²) in [5, 5.41) is 0. The highest BCUT2D eigenvalue weighted by Crippen LogP contribution is 2.33. The predicted octanol–water partition coefficient (Wildman–Crippen LogP) is 2.98. The molecule has 2 rings (SSSR count). The number of carbonyl (C=O) groups is 1. The molecule has 1 amide bonds. The lowest BCUT2D eigenvalue weighted by molar-refractivity contribution is -0.126. The van der Waals surface area contributed by atoms with E-state index in [9.17, 15) is 4.79 Å². The van der Waals surface area contributed by atoms with Crippen LogP contribution in [0.1, 0.15) is 39.2 Å². The third kappa shape index (κ3) is 2.22. The van der Waals surface area contributed by atoms with Gasteiger partial charge in [-0.15, -0.1) is 0 Å². The first-order chi connectivity index (χ1) is 8.45. The van der Waals surface area contributed by atoms with Crippen molar-refractivity contribution in [2.75, 3.05) is 17.2 Å². The molecule has 0 radical (unpaired) electrons. The normalized spacial score (nSPS) is 15.4. The molecule has 18 heavy (non-hydrogen) atoms. The number of anilines is 2. The van der Waals surface area contributed by atoms with Gasteiger partial charge in [-0.05, 0) is 37.0 Å². The third-order valence-corrected chi connectivity index (χ3v) is 3.94. The molecule has 1 aliphatic heterocycles. The number of aryl methyl sites for hydroxylation is 1. The molecule has 1 aromatic rings. The maximum Gasteiger partial charge on any atom is 0.232 e. The summed E-state index contributed by atoms with van der Waals surface area (Å²) >= 11 is 0. The summed E-state index contributed by atoms with van der Waals surface area (Å²) in [4.78, 5) is 14.5. The number of carbonyl (C=O) groups excluding carboxylic acids is 1. The molecule has 3 nitrogen and oxygen atoms in total. The van der Waals surface area contributed by atoms with Crippen molar-refractivity contribution in [1.29, 1.82) is 0 Å². The highest BCUT2D eigenvalue weighted by Gasteiger charge is 2.33. The maximum atomic E-state index is 12.6. The molecule has 0 saturated carbocycles. The van der Waals surface area contributed by atoms with Crippen LogP contribution in [0.3, 0.4) is 0 Å². The van der Waals surface area contributed by atoms with Crippen LogP contribution in [0, 0.1) is 5.41 Å². The number of fused-ring (bicyclic) bond motifs is 1. The number of nitrogens with zero attached hydrogens (tertiary/aromatic N) is 1. The topological polar surface area (TPSA) is 46.3 Å². The zero-order valence-corrected chi connectivity index (χ0v) is 11.5. The highest BCUT2D eigenvalue weighted by atomic mass is 16.2. The van der Waals surface area contributed by atoms with Gasteiger partial charge in [0.15, 0.2) is 0 Å². The Morgan fingerprint density at radius 2 is 2.17 bits per heavy atom. The Hall–Kier alpha value is -1.51. The molecule has 0 unspecified atom stereocenters. The Balaban J connectivity index is 2.38. The van der Waals surface area contributed by atoms with Crippen molar-refractivity contribution in [2.24, 2.45) is 5.41 Å². The molecule has 0 aliphatic carbocycles. The largest absolute Gasteiger partial charge is 0.399 e. The van der Waals surface area contributed by atoms with Gasteiger partial charge < -0.3 is 10.6 Å². The fourth-order valence-corrected chi connectivity index (χ4v) is 2.32. The van der Waals surface area contributed by atoms with E-state index in [4.69, 9.17) is 5.73 Å². The second kappa shape index (κ2) is 4.63. The molecule has 1 heterocycles. The van der Waals surface area contributed by atoms with Crippen molar-refractivity contribution in [3.05, 3.63) is 23.8 Å². The molecule has 1 aromatic carbocycles. The van der Waals surface area contributed by atoms with Crippen LogP contribution in [-0.2, 0) is 11.2 Å². The summed E-state index contributed by atoms with van der Waals surface area (Å²) in [6.45, 7) is 6.88. The fourth-order valence-electron chi connectivity index (χ4n) is 2.32. The summed E-state index contributed by atoms with van der Waals surface area (Å²) in [6.07, 6.45) is 2.91. The first-order valence-electron chi connectivity index (χ1n) is 6.66. The van der Waals surface area contributed by atoms with Gasteiger partial charge in [-0.2, -0.15) is 0 Å². The van der Waals surface area contributed by atoms with Gasteiger partial charge in [0.05, 0.1) is 0 Å². The van der Waals surface area contributed by atoms with Gasteiger partial charge in [0.2, 0.25) is 5.91 Å². The zero-order valence-electron chi connectivity index (χ0n) is 11.5. The minimum atomic E-state index is -0.306. The lowest BCUT2D eigenvalue weighted by atomic mass is 9.87. The monoisotopic (exact) mass is 246 g/mol. The summed E-state index contributed by atoms with van der Waals surface area (Å²) in [7, 11) is 0. The van der Waals surface area contributed by atoms with E-state index in [-0.39, 0.29) is 11.3 Å². The lowest BCUT2D eigenvalue weighted by Gasteiger charge is -2.35. The summed E-state index contributed by atoms with van der Waals surface area (Å²) in [6, 6.07) is 5.89. The van der Waals surface area contributed by atoms with Crippen molar-refractivity contribution in [1.82, 2.24) is 0 Å². The van der Waals surface area contributed by atoms with Gasteiger partial charge in [-0.25, -0.2) is 0 Å². The Morgan fingerprint density at radius 3 is 2.83 bits per heavy atom. The predicted molar refractivity (Wildman–Crippen MR) is 75.6 cm³/mol. The number of amides is 1. The number of nitrogen functional groups attached to an aromatic ring is 1. The first-order valence-corrected chi connectivity index (χ1v) is 6.66. The number of benzene rings is 1. The average Bonchev–Trinajstić information content (AvgIpc) is 2.37. The van der Waals surface area contributed by atoms with Crippen LogP contribution in [0.5, 0.6) is 0 Å². The first kappa shape index (κ1) is 12.9. The molecule has 0 spiro atoms. The summed E-state index contributed by atoms with van der Waals surface area (Å²) in [5.74, 6) is 0.205. The van der Waals surface area contributed by atoms with Crippen LogP contribution in [0.25, 0.3) is 0 Å². The molecular formula is C15H22N2O. The van der Waals surface area contributed by atoms with E-state index in [2.05, 4.69) is 6.92 Å². The van der Waals surface area contributed by atoms with Crippen LogP contribution in [0.4, 0.5) is 11.4 Å². The van der Waals surface area contributed by atoms with E-state index < -0.39 is 0 Å². The lowest BCUT2D eigenvalue weighted by Crippen LogP contribution is -2.43. The molecule has 2 N–H and O–H groups in total. The van der Waals surface area contributed by atoms with Crippen molar-refractivity contribution in [3.63, 3.8) is 0 Å². The van der Waals surface area contributed by atoms with Gasteiger partial charge in [0, 0.05) is 23.3 Å². The number of hydrogen-bond donors (Lipinski definition) is 1. The average molecular weight is 246 g/mol. The second-order valence-corrected chi connectivity index (χ2v) is 5.69. The Bertz CT molecular complexity index is 466. The SMILES string of the molecule is CCC(C)(C)C(=O)N1CCCc2ccc(N)cc21. The molecule has 0 atom stereocenters. The molecule has 0 saturated heterocycles. The van der Waals surface area contributed by atoms with E-state index in [0.717, 1.165) is 37.2 Å². The molecular weight excluding hydrogens is 224 g/mol. The number of rotatable bonds is 2. The standard InChI is InChI=1S/C15H22N2O/c1-4-15(2,3)14(18)17-9-5-6-11-7-8-12(16)10-13(11)17/h7-8,10H,4-6,9,16H2,1-3H3. The number of nitrogens with two attached hydrogens (primary N) is 1. The van der Waals surface area contributed by atoms with Crippen LogP contribution >= 0.6 is 0 Å². The van der Waals surface area contributed by atoms with Gasteiger partial charge in [-0.1, -0.05) is 26.8 Å². The Labute approximate surface area is 109 Å². The van der Waals surface area contributed by atoms with E-state index >= 15 is 0 Å². The third-order valence-electron chi connectivity index (χ3n) is 3.94. The number of hydrogen-bond acceptors (Lipinski definition) is 2. The minimum absolute atomic E-state index is 0.205. The van der Waals surface area contributed by atoms with Crippen molar-refractivity contribution in [2.45, 2.75) is 40.0 Å². The van der Waals surface area contributed by atoms with Crippen LogP contribution < -0.4 is 10.6 Å². The van der Waals surface area contributed by atoms with Gasteiger partial charge in [0.1, 0.15) is 0 Å². The smallest absolute Gasteiger partial charge is 0.232 e. The Kier molecular flexibility index (Phi) is 3.33. The van der Waals surface area contributed by atoms with Crippen LogP contribution in [0.15, 0.2) is 18.2 Å². The zero-order chi connectivity index (χ0) is 13.3. The van der Waals surface area contributed by atoms with Gasteiger partial charge in [0.25, 0.3) is 0 Å². The molecule has 98 valence electrons. The quantitative estimate of drug-likeness (QED) is 0.815. The van der Waals surface area contributed by atoms with Crippen molar-refractivity contribution >= 4 is 17.3 Å². The summed E-state index contributed by atoms with van der Waals surface area (Å²) < 4.78 is 0. The molecule has 0 aromatic heterocycles. The Morgan fingerprint density at radius 1 is 1.44 bits per heavy atom.